The van der Waals surface area contributed by atoms with Gasteiger partial charge in [-0.05, 0) is 48.4 Å². The van der Waals surface area contributed by atoms with Crippen LogP contribution in [0.5, 0.6) is 5.75 Å². The lowest BCUT2D eigenvalue weighted by Crippen LogP contribution is -2.52. The van der Waals surface area contributed by atoms with Gasteiger partial charge in [0.1, 0.15) is 11.5 Å². The van der Waals surface area contributed by atoms with E-state index in [1.54, 1.807) is 7.11 Å². The fraction of sp³-hybridized carbons (Fsp3) is 0.522. The van der Waals surface area contributed by atoms with E-state index in [-0.39, 0.29) is 17.1 Å². The molecule has 0 spiro atoms. The highest BCUT2D eigenvalue weighted by atomic mass is 16.5. The predicted octanol–water partition coefficient (Wildman–Crippen LogP) is 3.42. The van der Waals surface area contributed by atoms with Crippen molar-refractivity contribution < 1.29 is 14.3 Å². The van der Waals surface area contributed by atoms with Crippen LogP contribution in [0, 0.1) is 16.2 Å². The summed E-state index contributed by atoms with van der Waals surface area (Å²) >= 11 is 0. The summed E-state index contributed by atoms with van der Waals surface area (Å²) < 4.78 is 5.32. The summed E-state index contributed by atoms with van der Waals surface area (Å²) in [6.45, 7) is 6.88. The molecule has 152 valence electrons. The van der Waals surface area contributed by atoms with Crippen molar-refractivity contribution in [3.05, 3.63) is 29.8 Å². The Balaban J connectivity index is 1.47. The molecule has 2 heterocycles. The van der Waals surface area contributed by atoms with Crippen LogP contribution in [-0.2, 0) is 16.0 Å². The molecule has 0 unspecified atom stereocenters. The molecule has 2 aromatic rings. The van der Waals surface area contributed by atoms with Gasteiger partial charge in [-0.1, -0.05) is 20.8 Å². The number of hydrogen-bond donors (Lipinski definition) is 1. The fourth-order valence-corrected chi connectivity index (χ4v) is 5.76. The van der Waals surface area contributed by atoms with Crippen molar-refractivity contribution in [1.29, 1.82) is 0 Å². The van der Waals surface area contributed by atoms with Gasteiger partial charge in [-0.2, -0.15) is 0 Å². The second kappa shape index (κ2) is 5.71. The van der Waals surface area contributed by atoms with Crippen LogP contribution in [0.3, 0.4) is 0 Å². The highest BCUT2D eigenvalue weighted by molar-refractivity contribution is 6.00. The van der Waals surface area contributed by atoms with Gasteiger partial charge in [0.25, 0.3) is 0 Å². The number of Topliss-reactive ketones (excluding diaryl/α,β-unsaturated/α-hetero) is 1. The van der Waals surface area contributed by atoms with Gasteiger partial charge in [0.05, 0.1) is 18.0 Å². The normalized spacial score (nSPS) is 29.4. The van der Waals surface area contributed by atoms with E-state index in [2.05, 4.69) is 25.3 Å². The molecule has 1 aromatic carbocycles. The Hall–Kier alpha value is -2.63. The van der Waals surface area contributed by atoms with E-state index in [9.17, 15) is 9.59 Å². The van der Waals surface area contributed by atoms with Crippen molar-refractivity contribution in [3.63, 3.8) is 0 Å². The van der Waals surface area contributed by atoms with E-state index < -0.39 is 10.8 Å². The average Bonchev–Trinajstić information content (AvgIpc) is 3.22. The number of nitrogens with zero attached hydrogens (tertiary/aromatic N) is 2. The van der Waals surface area contributed by atoms with E-state index in [0.717, 1.165) is 47.3 Å². The number of aromatic nitrogens is 1. The van der Waals surface area contributed by atoms with Crippen molar-refractivity contribution in [2.75, 3.05) is 18.7 Å². The molecule has 2 aliphatic carbocycles. The number of pyridine rings is 1. The molecule has 1 aliphatic heterocycles. The summed E-state index contributed by atoms with van der Waals surface area (Å²) in [5, 5.41) is 2.92. The molecule has 3 aliphatic rings. The Kier molecular flexibility index (Phi) is 3.62. The summed E-state index contributed by atoms with van der Waals surface area (Å²) in [7, 11) is 1.64. The van der Waals surface area contributed by atoms with E-state index >= 15 is 0 Å². The zero-order valence-electron chi connectivity index (χ0n) is 17.5. The van der Waals surface area contributed by atoms with Crippen LogP contribution in [0.25, 0.3) is 10.9 Å². The maximum absolute atomic E-state index is 13.5. The number of carbonyl (C=O) groups excluding carboxylic acids is 2. The molecule has 2 atom stereocenters. The molecular weight excluding hydrogens is 366 g/mol. The smallest absolute Gasteiger partial charge is 0.245 e. The Morgan fingerprint density at radius 3 is 2.66 bits per heavy atom. The standard InChI is InChI=1S/C23H27N3O3/c1-21(2)22(3)8-9-23(21,13-18(22)27)20(28)25-26-10-7-15-11-14-5-6-16(29-4)12-17(14)24-19(15)26/h5-6,11-12H,7-10,13H2,1-4H3,(H,25,28)/t22-,23-/m1/s1. The molecule has 0 saturated heterocycles. The molecular formula is C23H27N3O3. The minimum Gasteiger partial charge on any atom is -0.497 e. The van der Waals surface area contributed by atoms with Crippen LogP contribution < -0.4 is 15.2 Å². The summed E-state index contributed by atoms with van der Waals surface area (Å²) in [6, 6.07) is 7.99. The minimum absolute atomic E-state index is 0.0440. The van der Waals surface area contributed by atoms with Crippen molar-refractivity contribution in [1.82, 2.24) is 10.4 Å². The molecule has 6 nitrogen and oxygen atoms in total. The first kappa shape index (κ1) is 18.4. The number of hydrogen-bond acceptors (Lipinski definition) is 5. The number of anilines is 1. The monoisotopic (exact) mass is 393 g/mol. The van der Waals surface area contributed by atoms with E-state index in [1.807, 2.05) is 30.1 Å². The molecule has 0 radical (unpaired) electrons. The lowest BCUT2D eigenvalue weighted by atomic mass is 9.64. The molecule has 2 bridgehead atoms. The van der Waals surface area contributed by atoms with Gasteiger partial charge >= 0.3 is 0 Å². The number of carbonyl (C=O) groups is 2. The number of fused-ring (bicyclic) bond motifs is 4. The van der Waals surface area contributed by atoms with Crippen LogP contribution in [0.4, 0.5) is 5.82 Å². The summed E-state index contributed by atoms with van der Waals surface area (Å²) in [4.78, 5) is 31.0. The Morgan fingerprint density at radius 1 is 1.21 bits per heavy atom. The third kappa shape index (κ3) is 2.20. The third-order valence-electron chi connectivity index (χ3n) is 8.32. The van der Waals surface area contributed by atoms with Crippen molar-refractivity contribution in [2.45, 2.75) is 46.5 Å². The maximum Gasteiger partial charge on any atom is 0.245 e. The number of benzene rings is 1. The molecule has 6 heteroatoms. The highest BCUT2D eigenvalue weighted by Crippen LogP contribution is 2.70. The van der Waals surface area contributed by atoms with E-state index in [4.69, 9.17) is 9.72 Å². The number of methoxy groups -OCH3 is 1. The quantitative estimate of drug-likeness (QED) is 0.865. The first-order valence-corrected chi connectivity index (χ1v) is 10.3. The Bertz CT molecular complexity index is 1060. The largest absolute Gasteiger partial charge is 0.497 e. The Morgan fingerprint density at radius 2 is 2.00 bits per heavy atom. The highest BCUT2D eigenvalue weighted by Gasteiger charge is 2.72. The third-order valence-corrected chi connectivity index (χ3v) is 8.32. The maximum atomic E-state index is 13.5. The summed E-state index contributed by atoms with van der Waals surface area (Å²) in [6.07, 6.45) is 2.71. The molecule has 29 heavy (non-hydrogen) atoms. The average molecular weight is 393 g/mol. The van der Waals surface area contributed by atoms with Gasteiger partial charge in [0.15, 0.2) is 5.82 Å². The molecule has 1 aromatic heterocycles. The van der Waals surface area contributed by atoms with Crippen molar-refractivity contribution in [2.24, 2.45) is 16.2 Å². The van der Waals surface area contributed by atoms with Crippen LogP contribution in [0.15, 0.2) is 24.3 Å². The van der Waals surface area contributed by atoms with Gasteiger partial charge in [0, 0.05) is 29.8 Å². The summed E-state index contributed by atoms with van der Waals surface area (Å²) in [5.41, 5.74) is 3.70. The van der Waals surface area contributed by atoms with Gasteiger partial charge < -0.3 is 4.74 Å². The number of nitrogens with one attached hydrogen (secondary N) is 1. The topological polar surface area (TPSA) is 71.5 Å². The second-order valence-corrected chi connectivity index (χ2v) is 9.51. The first-order valence-electron chi connectivity index (χ1n) is 10.3. The van der Waals surface area contributed by atoms with E-state index in [1.165, 1.54) is 0 Å². The first-order chi connectivity index (χ1) is 13.7. The second-order valence-electron chi connectivity index (χ2n) is 9.51. The lowest BCUT2D eigenvalue weighted by molar-refractivity contribution is -0.136. The number of hydrazine groups is 1. The minimum atomic E-state index is -0.637. The van der Waals surface area contributed by atoms with E-state index in [0.29, 0.717) is 13.0 Å². The number of rotatable bonds is 3. The van der Waals surface area contributed by atoms with Crippen LogP contribution in [0.1, 0.15) is 45.6 Å². The number of amides is 1. The molecule has 2 fully saturated rings. The molecule has 2 saturated carbocycles. The number of ether oxygens (including phenoxy) is 1. The lowest BCUT2D eigenvalue weighted by Gasteiger charge is -2.39. The van der Waals surface area contributed by atoms with Gasteiger partial charge in [0.2, 0.25) is 5.91 Å². The predicted molar refractivity (Wildman–Crippen MR) is 111 cm³/mol. The zero-order valence-corrected chi connectivity index (χ0v) is 17.5. The molecule has 5 rings (SSSR count). The van der Waals surface area contributed by atoms with Crippen LogP contribution >= 0.6 is 0 Å². The van der Waals surface area contributed by atoms with Gasteiger partial charge in [-0.15, -0.1) is 0 Å². The Labute approximate surface area is 170 Å². The molecule has 1 amide bonds. The molecule has 1 N–H and O–H groups in total. The van der Waals surface area contributed by atoms with Crippen LogP contribution in [-0.4, -0.2) is 30.3 Å². The van der Waals surface area contributed by atoms with Crippen molar-refractivity contribution >= 4 is 28.4 Å². The summed E-state index contributed by atoms with van der Waals surface area (Å²) in [5.74, 6) is 1.73. The zero-order chi connectivity index (χ0) is 20.6. The SMILES string of the molecule is COc1ccc2cc3c(nc2c1)N(NC(=O)[C@@]12CC[C@](C)(C(=O)C1)C2(C)C)CC3. The van der Waals surface area contributed by atoms with Crippen LogP contribution in [0.2, 0.25) is 0 Å². The van der Waals surface area contributed by atoms with Gasteiger partial charge in [-0.25, -0.2) is 4.98 Å². The van der Waals surface area contributed by atoms with Crippen molar-refractivity contribution in [3.8, 4) is 5.75 Å². The van der Waals surface area contributed by atoms with Gasteiger partial charge in [-0.3, -0.25) is 20.0 Å². The fourth-order valence-electron chi connectivity index (χ4n) is 5.76. The number of ketones is 1.